The van der Waals surface area contributed by atoms with Crippen LogP contribution in [0.25, 0.3) is 0 Å². The zero-order chi connectivity index (χ0) is 5.91. The molecule has 0 spiro atoms. The van der Waals surface area contributed by atoms with Gasteiger partial charge in [-0.2, -0.15) is 0 Å². The van der Waals surface area contributed by atoms with Crippen LogP contribution in [0.4, 0.5) is 0 Å². The van der Waals surface area contributed by atoms with E-state index in [1.165, 1.54) is 0 Å². The Morgan fingerprint density at radius 3 is 2.00 bits per heavy atom. The second kappa shape index (κ2) is 2.15. The third kappa shape index (κ3) is 5.73. The van der Waals surface area contributed by atoms with E-state index in [0.29, 0.717) is 0 Å². The van der Waals surface area contributed by atoms with Gasteiger partial charge in [0.15, 0.2) is 0 Å². The molecule has 0 aromatic heterocycles. The minimum Gasteiger partial charge on any atom is -0.301 e. The Morgan fingerprint density at radius 2 is 2.00 bits per heavy atom. The molecular formula is C5H12BN. The predicted molar refractivity (Wildman–Crippen MR) is 37.0 cm³/mol. The van der Waals surface area contributed by atoms with Crippen molar-refractivity contribution in [3.63, 3.8) is 0 Å². The lowest BCUT2D eigenvalue weighted by Crippen LogP contribution is -2.02. The summed E-state index contributed by atoms with van der Waals surface area (Å²) >= 11 is 0. The van der Waals surface area contributed by atoms with E-state index in [2.05, 4.69) is 26.7 Å². The monoisotopic (exact) mass is 97.1 g/mol. The maximum atomic E-state index is 3.88. The number of hydrogen-bond acceptors (Lipinski definition) is 1. The third-order valence-corrected chi connectivity index (χ3v) is 0.516. The molecule has 0 atom stereocenters. The van der Waals surface area contributed by atoms with Gasteiger partial charge in [-0.1, -0.05) is 13.8 Å². The summed E-state index contributed by atoms with van der Waals surface area (Å²) in [4.78, 5) is 3.88. The van der Waals surface area contributed by atoms with E-state index in [4.69, 9.17) is 0 Å². The van der Waals surface area contributed by atoms with Gasteiger partial charge < -0.3 is 4.99 Å². The highest BCUT2D eigenvalue weighted by Gasteiger charge is 2.03. The first kappa shape index (κ1) is 6.73. The lowest BCUT2D eigenvalue weighted by atomic mass is 9.74. The highest BCUT2D eigenvalue weighted by molar-refractivity contribution is 6.24. The maximum absolute atomic E-state index is 3.88. The van der Waals surface area contributed by atoms with Gasteiger partial charge in [0.1, 0.15) is 7.85 Å². The highest BCUT2D eigenvalue weighted by Crippen LogP contribution is 2.12. The quantitative estimate of drug-likeness (QED) is 0.334. The number of nitrogens with zero attached hydrogens (tertiary/aromatic N) is 1. The second-order valence-electron chi connectivity index (χ2n) is 2.75. The van der Waals surface area contributed by atoms with Crippen LogP contribution in [0, 0.1) is 0 Å². The highest BCUT2D eigenvalue weighted by atomic mass is 14.6. The van der Waals surface area contributed by atoms with Crippen molar-refractivity contribution in [3.05, 3.63) is 0 Å². The summed E-state index contributed by atoms with van der Waals surface area (Å²) < 4.78 is 0. The normalized spacial score (nSPS) is 13.0. The molecule has 1 nitrogen and oxygen atoms in total. The van der Waals surface area contributed by atoms with Gasteiger partial charge in [-0.05, 0) is 11.5 Å². The molecule has 0 bridgehead atoms. The number of hydrogen-bond donors (Lipinski definition) is 0. The molecule has 0 aliphatic heterocycles. The van der Waals surface area contributed by atoms with E-state index in [1.54, 1.807) is 7.05 Å². The number of aliphatic imine (C=N–C) groups is 1. The maximum Gasteiger partial charge on any atom is 0.115 e. The molecule has 0 aliphatic carbocycles. The molecule has 0 heterocycles. The van der Waals surface area contributed by atoms with Crippen LogP contribution in [0.1, 0.15) is 13.8 Å². The van der Waals surface area contributed by atoms with Crippen LogP contribution in [-0.2, 0) is 0 Å². The number of rotatable bonds is 1. The van der Waals surface area contributed by atoms with E-state index >= 15 is 0 Å². The van der Waals surface area contributed by atoms with Gasteiger partial charge in [-0.25, -0.2) is 0 Å². The van der Waals surface area contributed by atoms with Crippen LogP contribution in [0.15, 0.2) is 4.99 Å². The molecule has 0 aromatic rings. The zero-order valence-corrected chi connectivity index (χ0v) is 5.52. The minimum absolute atomic E-state index is 0.259. The fraction of sp³-hybridized carbons (Fsp3) is 0.800. The standard InChI is InChI=1S/C5H12BN/c1-5(2,6)4-7-3/h4H,6H2,1-3H3. The molecule has 0 fully saturated rings. The van der Waals surface area contributed by atoms with E-state index in [9.17, 15) is 0 Å². The average molecular weight is 97.0 g/mol. The van der Waals surface area contributed by atoms with Crippen molar-refractivity contribution in [3.8, 4) is 0 Å². The molecule has 0 N–H and O–H groups in total. The van der Waals surface area contributed by atoms with Crippen LogP contribution in [0.2, 0.25) is 5.31 Å². The summed E-state index contributed by atoms with van der Waals surface area (Å²) in [6.45, 7) is 4.25. The zero-order valence-electron chi connectivity index (χ0n) is 5.52. The molecule has 0 aromatic carbocycles. The van der Waals surface area contributed by atoms with E-state index in [1.807, 2.05) is 6.21 Å². The first-order valence-corrected chi connectivity index (χ1v) is 2.49. The molecule has 0 rings (SSSR count). The Balaban J connectivity index is 3.56. The largest absolute Gasteiger partial charge is 0.301 e. The van der Waals surface area contributed by atoms with Crippen LogP contribution in [0.3, 0.4) is 0 Å². The molecular weight excluding hydrogens is 84.9 g/mol. The molecule has 0 amide bonds. The van der Waals surface area contributed by atoms with E-state index in [-0.39, 0.29) is 5.31 Å². The van der Waals surface area contributed by atoms with Crippen molar-refractivity contribution in [2.24, 2.45) is 4.99 Å². The van der Waals surface area contributed by atoms with Crippen LogP contribution in [0.5, 0.6) is 0 Å². The molecule has 0 saturated heterocycles. The molecule has 0 radical (unpaired) electrons. The van der Waals surface area contributed by atoms with Crippen LogP contribution >= 0.6 is 0 Å². The first-order valence-electron chi connectivity index (χ1n) is 2.49. The smallest absolute Gasteiger partial charge is 0.115 e. The lowest BCUT2D eigenvalue weighted by Gasteiger charge is -2.07. The molecule has 7 heavy (non-hydrogen) atoms. The first-order chi connectivity index (χ1) is 3.06. The molecule has 0 aliphatic rings. The lowest BCUT2D eigenvalue weighted by molar-refractivity contribution is 0.932. The molecule has 2 heteroatoms. The van der Waals surface area contributed by atoms with Crippen molar-refractivity contribution < 1.29 is 0 Å². The Kier molecular flexibility index (Phi) is 2.07. The van der Waals surface area contributed by atoms with Crippen molar-refractivity contribution in [2.75, 3.05) is 7.05 Å². The van der Waals surface area contributed by atoms with Crippen molar-refractivity contribution in [2.45, 2.75) is 19.2 Å². The summed E-state index contributed by atoms with van der Waals surface area (Å²) in [6.07, 6.45) is 1.94. The summed E-state index contributed by atoms with van der Waals surface area (Å²) in [6, 6.07) is 0. The van der Waals surface area contributed by atoms with Gasteiger partial charge >= 0.3 is 0 Å². The van der Waals surface area contributed by atoms with Crippen molar-refractivity contribution >= 4 is 14.1 Å². The predicted octanol–water partition coefficient (Wildman–Crippen LogP) is 0.519. The third-order valence-electron chi connectivity index (χ3n) is 0.516. The Morgan fingerprint density at radius 1 is 1.57 bits per heavy atom. The Hall–Kier alpha value is -0.265. The van der Waals surface area contributed by atoms with Gasteiger partial charge in [0.2, 0.25) is 0 Å². The minimum atomic E-state index is 0.259. The fourth-order valence-electron chi connectivity index (χ4n) is 0.387. The van der Waals surface area contributed by atoms with Gasteiger partial charge in [-0.15, -0.1) is 0 Å². The summed E-state index contributed by atoms with van der Waals surface area (Å²) in [5.41, 5.74) is 0. The Labute approximate surface area is 46.2 Å². The van der Waals surface area contributed by atoms with Crippen molar-refractivity contribution in [1.29, 1.82) is 0 Å². The molecule has 0 saturated carbocycles. The molecule has 0 unspecified atom stereocenters. The van der Waals surface area contributed by atoms with E-state index < -0.39 is 0 Å². The van der Waals surface area contributed by atoms with Gasteiger partial charge in [-0.3, -0.25) is 0 Å². The summed E-state index contributed by atoms with van der Waals surface area (Å²) in [7, 11) is 3.92. The fourth-order valence-corrected chi connectivity index (χ4v) is 0.387. The topological polar surface area (TPSA) is 12.4 Å². The summed E-state index contributed by atoms with van der Waals surface area (Å²) in [5, 5.41) is 0.259. The molecule has 40 valence electrons. The average Bonchev–Trinajstić information content (AvgIpc) is 1.30. The van der Waals surface area contributed by atoms with Gasteiger partial charge in [0.05, 0.1) is 0 Å². The van der Waals surface area contributed by atoms with Crippen LogP contribution < -0.4 is 0 Å². The summed E-state index contributed by atoms with van der Waals surface area (Å²) in [5.74, 6) is 0. The van der Waals surface area contributed by atoms with Crippen LogP contribution in [-0.4, -0.2) is 21.1 Å². The Bertz CT molecular complexity index is 70.6. The van der Waals surface area contributed by atoms with Crippen molar-refractivity contribution in [1.82, 2.24) is 0 Å². The van der Waals surface area contributed by atoms with Gasteiger partial charge in [0.25, 0.3) is 0 Å². The SMILES string of the molecule is BC(C)(C)C=NC. The van der Waals surface area contributed by atoms with Gasteiger partial charge in [0, 0.05) is 7.05 Å². The van der Waals surface area contributed by atoms with E-state index in [0.717, 1.165) is 0 Å². The second-order valence-corrected chi connectivity index (χ2v) is 2.75.